The Bertz CT molecular complexity index is 257. The fraction of sp³-hybridized carbons (Fsp3) is 1.00. The molecule has 0 aliphatic carbocycles. The molecule has 0 aromatic rings. The third-order valence-electron chi connectivity index (χ3n) is 2.69. The summed E-state index contributed by atoms with van der Waals surface area (Å²) in [5, 5.41) is 3.27. The molecular formula is C10H22N2O2S. The summed E-state index contributed by atoms with van der Waals surface area (Å²) in [6, 6.07) is 0.141. The third kappa shape index (κ3) is 5.49. The van der Waals surface area contributed by atoms with Gasteiger partial charge in [-0.1, -0.05) is 13.3 Å². The van der Waals surface area contributed by atoms with Gasteiger partial charge in [0, 0.05) is 6.04 Å². The summed E-state index contributed by atoms with van der Waals surface area (Å²) < 4.78 is 26.1. The lowest BCUT2D eigenvalue weighted by Gasteiger charge is -2.15. The molecule has 0 aromatic carbocycles. The molecule has 1 rings (SSSR count). The van der Waals surface area contributed by atoms with E-state index in [2.05, 4.69) is 10.0 Å². The first-order chi connectivity index (χ1) is 7.14. The average molecular weight is 234 g/mol. The van der Waals surface area contributed by atoms with Crippen molar-refractivity contribution in [3.05, 3.63) is 0 Å². The van der Waals surface area contributed by atoms with Gasteiger partial charge in [0.1, 0.15) is 0 Å². The van der Waals surface area contributed by atoms with Crippen molar-refractivity contribution in [3.63, 3.8) is 0 Å². The first-order valence-corrected chi connectivity index (χ1v) is 7.50. The van der Waals surface area contributed by atoms with Crippen LogP contribution in [0.2, 0.25) is 0 Å². The summed E-state index contributed by atoms with van der Waals surface area (Å²) in [5.41, 5.74) is 0. The third-order valence-corrected chi connectivity index (χ3v) is 4.21. The number of nitrogens with one attached hydrogen (secondary N) is 2. The van der Waals surface area contributed by atoms with Crippen LogP contribution in [0.4, 0.5) is 0 Å². The summed E-state index contributed by atoms with van der Waals surface area (Å²) in [5.74, 6) is 0.271. The molecule has 4 nitrogen and oxygen atoms in total. The molecule has 90 valence electrons. The SMILES string of the molecule is CCCCS(=O)(=O)NC1CCCNCC1. The van der Waals surface area contributed by atoms with E-state index >= 15 is 0 Å². The highest BCUT2D eigenvalue weighted by Gasteiger charge is 2.18. The smallest absolute Gasteiger partial charge is 0.211 e. The second-order valence-electron chi connectivity index (χ2n) is 4.17. The Labute approximate surface area is 92.9 Å². The highest BCUT2D eigenvalue weighted by molar-refractivity contribution is 7.89. The van der Waals surface area contributed by atoms with E-state index in [9.17, 15) is 8.42 Å². The van der Waals surface area contributed by atoms with Crippen LogP contribution in [-0.4, -0.2) is 33.3 Å². The van der Waals surface area contributed by atoms with Gasteiger partial charge in [-0.05, 0) is 38.8 Å². The van der Waals surface area contributed by atoms with Crippen LogP contribution in [0, 0.1) is 0 Å². The van der Waals surface area contributed by atoms with Gasteiger partial charge in [0.05, 0.1) is 5.75 Å². The Morgan fingerprint density at radius 3 is 2.87 bits per heavy atom. The maximum absolute atomic E-state index is 11.6. The van der Waals surface area contributed by atoms with Crippen LogP contribution >= 0.6 is 0 Å². The second-order valence-corrected chi connectivity index (χ2v) is 6.04. The van der Waals surface area contributed by atoms with Gasteiger partial charge in [-0.25, -0.2) is 13.1 Å². The van der Waals surface area contributed by atoms with Crippen molar-refractivity contribution in [2.45, 2.75) is 45.1 Å². The molecule has 0 radical (unpaired) electrons. The number of sulfonamides is 1. The second kappa shape index (κ2) is 6.45. The minimum Gasteiger partial charge on any atom is -0.317 e. The van der Waals surface area contributed by atoms with Gasteiger partial charge < -0.3 is 5.32 Å². The van der Waals surface area contributed by atoms with Crippen molar-refractivity contribution < 1.29 is 8.42 Å². The highest BCUT2D eigenvalue weighted by atomic mass is 32.2. The van der Waals surface area contributed by atoms with Gasteiger partial charge in [0.2, 0.25) is 10.0 Å². The molecule has 1 fully saturated rings. The molecule has 0 spiro atoms. The molecule has 1 aliphatic heterocycles. The van der Waals surface area contributed by atoms with Crippen LogP contribution in [0.15, 0.2) is 0 Å². The molecule has 0 aromatic heterocycles. The molecule has 5 heteroatoms. The summed E-state index contributed by atoms with van der Waals surface area (Å²) in [6.45, 7) is 3.93. The van der Waals surface area contributed by atoms with Crippen LogP contribution < -0.4 is 10.0 Å². The predicted molar refractivity (Wildman–Crippen MR) is 62.3 cm³/mol. The summed E-state index contributed by atoms with van der Waals surface area (Å²) in [6.07, 6.45) is 4.60. The van der Waals surface area contributed by atoms with E-state index in [0.29, 0.717) is 0 Å². The van der Waals surface area contributed by atoms with Crippen molar-refractivity contribution in [1.82, 2.24) is 10.0 Å². The van der Waals surface area contributed by atoms with Gasteiger partial charge in [-0.2, -0.15) is 0 Å². The van der Waals surface area contributed by atoms with E-state index in [4.69, 9.17) is 0 Å². The Balaban J connectivity index is 2.37. The lowest BCUT2D eigenvalue weighted by molar-refractivity contribution is 0.516. The van der Waals surface area contributed by atoms with Crippen LogP contribution in [-0.2, 0) is 10.0 Å². The predicted octanol–water partition coefficient (Wildman–Crippen LogP) is 0.848. The van der Waals surface area contributed by atoms with Crippen molar-refractivity contribution >= 4 is 10.0 Å². The van der Waals surface area contributed by atoms with Crippen molar-refractivity contribution in [2.24, 2.45) is 0 Å². The summed E-state index contributed by atoms with van der Waals surface area (Å²) >= 11 is 0. The number of hydrogen-bond acceptors (Lipinski definition) is 3. The molecular weight excluding hydrogens is 212 g/mol. The van der Waals surface area contributed by atoms with Crippen molar-refractivity contribution in [1.29, 1.82) is 0 Å². The monoisotopic (exact) mass is 234 g/mol. The van der Waals surface area contributed by atoms with Gasteiger partial charge in [-0.15, -0.1) is 0 Å². The van der Waals surface area contributed by atoms with E-state index in [1.165, 1.54) is 0 Å². The molecule has 0 saturated carbocycles. The van der Waals surface area contributed by atoms with E-state index in [-0.39, 0.29) is 11.8 Å². The van der Waals surface area contributed by atoms with Gasteiger partial charge in [0.15, 0.2) is 0 Å². The van der Waals surface area contributed by atoms with Crippen LogP contribution in [0.1, 0.15) is 39.0 Å². The van der Waals surface area contributed by atoms with E-state index in [1.54, 1.807) is 0 Å². The zero-order valence-electron chi connectivity index (χ0n) is 9.46. The Morgan fingerprint density at radius 2 is 2.13 bits per heavy atom. The first-order valence-electron chi connectivity index (χ1n) is 5.85. The van der Waals surface area contributed by atoms with Crippen LogP contribution in [0.3, 0.4) is 0 Å². The summed E-state index contributed by atoms with van der Waals surface area (Å²) in [4.78, 5) is 0. The van der Waals surface area contributed by atoms with Crippen molar-refractivity contribution in [3.8, 4) is 0 Å². The fourth-order valence-electron chi connectivity index (χ4n) is 1.78. The van der Waals surface area contributed by atoms with Crippen LogP contribution in [0.5, 0.6) is 0 Å². The Hall–Kier alpha value is -0.130. The maximum Gasteiger partial charge on any atom is 0.211 e. The fourth-order valence-corrected chi connectivity index (χ4v) is 3.31. The number of rotatable bonds is 5. The van der Waals surface area contributed by atoms with Gasteiger partial charge >= 0.3 is 0 Å². The maximum atomic E-state index is 11.6. The van der Waals surface area contributed by atoms with Gasteiger partial charge in [-0.3, -0.25) is 0 Å². The number of unbranched alkanes of at least 4 members (excludes halogenated alkanes) is 1. The average Bonchev–Trinajstić information content (AvgIpc) is 2.43. The van der Waals surface area contributed by atoms with Crippen LogP contribution in [0.25, 0.3) is 0 Å². The zero-order chi connectivity index (χ0) is 11.1. The first kappa shape index (κ1) is 12.9. The van der Waals surface area contributed by atoms with E-state index < -0.39 is 10.0 Å². The largest absolute Gasteiger partial charge is 0.317 e. The lowest BCUT2D eigenvalue weighted by atomic mass is 10.1. The molecule has 1 atom stereocenters. The summed E-state index contributed by atoms with van der Waals surface area (Å²) in [7, 11) is -3.04. The molecule has 1 saturated heterocycles. The molecule has 0 amide bonds. The van der Waals surface area contributed by atoms with E-state index in [1.807, 2.05) is 6.92 Å². The zero-order valence-corrected chi connectivity index (χ0v) is 10.3. The minimum absolute atomic E-state index is 0.141. The molecule has 0 bridgehead atoms. The molecule has 1 aliphatic rings. The highest BCUT2D eigenvalue weighted by Crippen LogP contribution is 2.07. The molecule has 2 N–H and O–H groups in total. The standard InChI is InChI=1S/C10H22N2O2S/c1-2-3-9-15(13,14)12-10-5-4-7-11-8-6-10/h10-12H,2-9H2,1H3. The number of hydrogen-bond donors (Lipinski definition) is 2. The lowest BCUT2D eigenvalue weighted by Crippen LogP contribution is -2.36. The quantitative estimate of drug-likeness (QED) is 0.741. The topological polar surface area (TPSA) is 58.2 Å². The Morgan fingerprint density at radius 1 is 1.33 bits per heavy atom. The molecule has 1 heterocycles. The molecule has 15 heavy (non-hydrogen) atoms. The minimum atomic E-state index is -3.04. The van der Waals surface area contributed by atoms with Gasteiger partial charge in [0.25, 0.3) is 0 Å². The van der Waals surface area contributed by atoms with E-state index in [0.717, 1.165) is 45.2 Å². The molecule has 1 unspecified atom stereocenters. The Kier molecular flexibility index (Phi) is 5.56. The normalized spacial score (nSPS) is 23.7. The van der Waals surface area contributed by atoms with Crippen molar-refractivity contribution in [2.75, 3.05) is 18.8 Å².